The quantitative estimate of drug-likeness (QED) is 0.664. The lowest BCUT2D eigenvalue weighted by atomic mass is 10.0. The zero-order valence-electron chi connectivity index (χ0n) is 17.4. The van der Waals surface area contributed by atoms with Gasteiger partial charge in [0.05, 0.1) is 11.4 Å². The highest BCUT2D eigenvalue weighted by Gasteiger charge is 2.61. The molecule has 0 aromatic heterocycles. The zero-order valence-corrected chi connectivity index (χ0v) is 18.3. The summed E-state index contributed by atoms with van der Waals surface area (Å²) < 4.78 is 0. The molecule has 3 amide bonds. The number of fused-ring (bicyclic) bond motifs is 2. The van der Waals surface area contributed by atoms with Gasteiger partial charge in [0.15, 0.2) is 0 Å². The number of thioether (sulfide) groups is 1. The molecule has 0 radical (unpaired) electrons. The molecule has 1 fully saturated rings. The minimum atomic E-state index is -1.21. The Bertz CT molecular complexity index is 1210. The summed E-state index contributed by atoms with van der Waals surface area (Å²) in [4.78, 5) is 41.6. The average Bonchev–Trinajstić information content (AvgIpc) is 3.26. The molecule has 2 aliphatic rings. The van der Waals surface area contributed by atoms with E-state index in [0.717, 1.165) is 11.1 Å². The molecule has 6 nitrogen and oxygen atoms in total. The van der Waals surface area contributed by atoms with E-state index in [9.17, 15) is 14.4 Å². The Hall–Kier alpha value is -3.58. The maximum atomic E-state index is 13.9. The highest BCUT2D eigenvalue weighted by molar-refractivity contribution is 8.02. The Kier molecular flexibility index (Phi) is 4.98. The second kappa shape index (κ2) is 7.84. The number of anilines is 3. The number of nitrogens with one attached hydrogen (secondary N) is 1. The molecule has 2 aliphatic heterocycles. The maximum absolute atomic E-state index is 13.9. The van der Waals surface area contributed by atoms with Crippen molar-refractivity contribution < 1.29 is 14.4 Å². The third kappa shape index (κ3) is 3.17. The van der Waals surface area contributed by atoms with Crippen LogP contribution in [0.5, 0.6) is 0 Å². The van der Waals surface area contributed by atoms with Crippen LogP contribution in [0.25, 0.3) is 0 Å². The normalized spacial score (nSPS) is 19.5. The number of hydrogen-bond donors (Lipinski definition) is 1. The van der Waals surface area contributed by atoms with Crippen LogP contribution in [0.1, 0.15) is 11.1 Å². The molecular formula is C25H21N3O3S. The Morgan fingerprint density at radius 3 is 2.41 bits per heavy atom. The van der Waals surface area contributed by atoms with Crippen molar-refractivity contribution in [2.75, 3.05) is 27.4 Å². The molecule has 1 unspecified atom stereocenters. The number of aryl methyl sites for hydroxylation is 1. The van der Waals surface area contributed by atoms with Gasteiger partial charge in [-0.05, 0) is 37.3 Å². The van der Waals surface area contributed by atoms with Crippen LogP contribution in [0, 0.1) is 6.92 Å². The van der Waals surface area contributed by atoms with Crippen molar-refractivity contribution >= 4 is 46.5 Å². The maximum Gasteiger partial charge on any atom is 0.269 e. The van der Waals surface area contributed by atoms with Crippen molar-refractivity contribution in [3.8, 4) is 0 Å². The van der Waals surface area contributed by atoms with Crippen molar-refractivity contribution in [3.63, 3.8) is 0 Å². The number of para-hydroxylation sites is 2. The molecule has 3 aromatic rings. The van der Waals surface area contributed by atoms with E-state index < -0.39 is 4.87 Å². The monoisotopic (exact) mass is 443 g/mol. The number of amides is 3. The number of carbonyl (C=O) groups excluding carboxylic acids is 3. The number of nitrogens with zero attached hydrogens (tertiary/aromatic N) is 2. The molecule has 1 spiro atoms. The first-order valence-corrected chi connectivity index (χ1v) is 11.3. The Morgan fingerprint density at radius 1 is 0.969 bits per heavy atom. The standard InChI is InChI=1S/C25H21N3O3S/c1-17-11-13-19(14-12-17)28-23(30)16-32-25(28)20-9-5-6-10-21(20)27(24(25)31)15-22(29)26-18-7-3-2-4-8-18/h2-14H,15-16H2,1H3,(H,26,29). The van der Waals surface area contributed by atoms with Crippen LogP contribution in [0.2, 0.25) is 0 Å². The fourth-order valence-corrected chi connectivity index (χ4v) is 5.63. The molecule has 160 valence electrons. The first-order valence-electron chi connectivity index (χ1n) is 10.3. The van der Waals surface area contributed by atoms with Crippen LogP contribution in [-0.4, -0.2) is 30.0 Å². The Labute approximate surface area is 190 Å². The molecule has 32 heavy (non-hydrogen) atoms. The summed E-state index contributed by atoms with van der Waals surface area (Å²) in [5.41, 5.74) is 3.79. The van der Waals surface area contributed by atoms with Crippen LogP contribution < -0.4 is 15.1 Å². The van der Waals surface area contributed by atoms with E-state index in [0.29, 0.717) is 17.1 Å². The van der Waals surface area contributed by atoms with Crippen molar-refractivity contribution in [2.45, 2.75) is 11.8 Å². The van der Waals surface area contributed by atoms with Crippen LogP contribution in [0.15, 0.2) is 78.9 Å². The predicted molar refractivity (Wildman–Crippen MR) is 127 cm³/mol. The minimum absolute atomic E-state index is 0.127. The SMILES string of the molecule is Cc1ccc(N2C(=O)CSC23C(=O)N(CC(=O)Nc2ccccc2)c2ccccc23)cc1. The van der Waals surface area contributed by atoms with Crippen molar-refractivity contribution in [2.24, 2.45) is 0 Å². The van der Waals surface area contributed by atoms with E-state index in [4.69, 9.17) is 0 Å². The highest BCUT2D eigenvalue weighted by atomic mass is 32.2. The molecule has 1 atom stereocenters. The van der Waals surface area contributed by atoms with E-state index in [-0.39, 0.29) is 30.0 Å². The summed E-state index contributed by atoms with van der Waals surface area (Å²) in [5, 5.41) is 2.84. The van der Waals surface area contributed by atoms with Gasteiger partial charge in [-0.25, -0.2) is 0 Å². The molecule has 1 saturated heterocycles. The van der Waals surface area contributed by atoms with Crippen LogP contribution in [-0.2, 0) is 19.3 Å². The third-order valence-corrected chi connectivity index (χ3v) is 7.10. The Morgan fingerprint density at radius 2 is 1.66 bits per heavy atom. The highest BCUT2D eigenvalue weighted by Crippen LogP contribution is 2.55. The molecule has 1 N–H and O–H groups in total. The molecular weight excluding hydrogens is 422 g/mol. The molecule has 2 heterocycles. The van der Waals surface area contributed by atoms with Gasteiger partial charge in [-0.1, -0.05) is 54.1 Å². The topological polar surface area (TPSA) is 69.7 Å². The third-order valence-electron chi connectivity index (χ3n) is 5.72. The van der Waals surface area contributed by atoms with Gasteiger partial charge in [0, 0.05) is 16.9 Å². The van der Waals surface area contributed by atoms with Crippen LogP contribution in [0.4, 0.5) is 17.1 Å². The molecule has 7 heteroatoms. The second-order valence-corrected chi connectivity index (χ2v) is 8.99. The van der Waals surface area contributed by atoms with Gasteiger partial charge >= 0.3 is 0 Å². The summed E-state index contributed by atoms with van der Waals surface area (Å²) in [6.45, 7) is 1.84. The molecule has 5 rings (SSSR count). The van der Waals surface area contributed by atoms with E-state index in [1.807, 2.05) is 73.7 Å². The number of benzene rings is 3. The summed E-state index contributed by atoms with van der Waals surface area (Å²) in [6.07, 6.45) is 0. The van der Waals surface area contributed by atoms with Gasteiger partial charge in [-0.15, -0.1) is 11.8 Å². The van der Waals surface area contributed by atoms with E-state index in [1.54, 1.807) is 17.0 Å². The first kappa shape index (κ1) is 20.3. The van der Waals surface area contributed by atoms with Crippen molar-refractivity contribution in [3.05, 3.63) is 90.0 Å². The number of rotatable bonds is 4. The summed E-state index contributed by atoms with van der Waals surface area (Å²) in [7, 11) is 0. The number of hydrogen-bond acceptors (Lipinski definition) is 4. The van der Waals surface area contributed by atoms with Crippen LogP contribution in [0.3, 0.4) is 0 Å². The molecule has 0 bridgehead atoms. The fourth-order valence-electron chi connectivity index (χ4n) is 4.27. The molecule has 3 aromatic carbocycles. The zero-order chi connectivity index (χ0) is 22.3. The van der Waals surface area contributed by atoms with Gasteiger partial charge < -0.3 is 5.32 Å². The van der Waals surface area contributed by atoms with Gasteiger partial charge in [0.25, 0.3) is 5.91 Å². The van der Waals surface area contributed by atoms with E-state index in [2.05, 4.69) is 5.32 Å². The second-order valence-electron chi connectivity index (χ2n) is 7.82. The van der Waals surface area contributed by atoms with Gasteiger partial charge in [0.2, 0.25) is 16.7 Å². The predicted octanol–water partition coefficient (Wildman–Crippen LogP) is 3.91. The van der Waals surface area contributed by atoms with Gasteiger partial charge in [-0.2, -0.15) is 0 Å². The van der Waals surface area contributed by atoms with Crippen LogP contribution >= 0.6 is 11.8 Å². The summed E-state index contributed by atoms with van der Waals surface area (Å²) >= 11 is 1.31. The molecule has 0 saturated carbocycles. The lowest BCUT2D eigenvalue weighted by Gasteiger charge is -2.33. The largest absolute Gasteiger partial charge is 0.325 e. The lowest BCUT2D eigenvalue weighted by Crippen LogP contribution is -2.50. The fraction of sp³-hybridized carbons (Fsp3) is 0.160. The Balaban J connectivity index is 1.53. The minimum Gasteiger partial charge on any atom is -0.325 e. The van der Waals surface area contributed by atoms with Gasteiger partial charge in [-0.3, -0.25) is 24.2 Å². The van der Waals surface area contributed by atoms with E-state index in [1.165, 1.54) is 16.7 Å². The summed E-state index contributed by atoms with van der Waals surface area (Å²) in [5.74, 6) is -0.513. The average molecular weight is 444 g/mol. The van der Waals surface area contributed by atoms with E-state index >= 15 is 0 Å². The number of carbonyl (C=O) groups is 3. The summed E-state index contributed by atoms with van der Waals surface area (Å²) in [6, 6.07) is 24.1. The van der Waals surface area contributed by atoms with Gasteiger partial charge in [0.1, 0.15) is 6.54 Å². The van der Waals surface area contributed by atoms with Crippen molar-refractivity contribution in [1.82, 2.24) is 0 Å². The van der Waals surface area contributed by atoms with Crippen molar-refractivity contribution in [1.29, 1.82) is 0 Å². The smallest absolute Gasteiger partial charge is 0.269 e. The lowest BCUT2D eigenvalue weighted by molar-refractivity contribution is -0.124. The first-order chi connectivity index (χ1) is 15.5. The molecule has 0 aliphatic carbocycles.